The van der Waals surface area contributed by atoms with E-state index in [-0.39, 0.29) is 6.10 Å². The molecule has 1 aromatic carbocycles. The van der Waals surface area contributed by atoms with Crippen molar-refractivity contribution in [2.24, 2.45) is 0 Å². The predicted octanol–water partition coefficient (Wildman–Crippen LogP) is 2.34. The number of aliphatic hydroxyl groups excluding tert-OH is 1. The van der Waals surface area contributed by atoms with Crippen molar-refractivity contribution in [1.29, 1.82) is 0 Å². The van der Waals surface area contributed by atoms with E-state index in [0.717, 1.165) is 43.7 Å². The lowest BCUT2D eigenvalue weighted by atomic mass is 9.80. The number of nitrogens with zero attached hydrogens (tertiary/aromatic N) is 2. The van der Waals surface area contributed by atoms with Gasteiger partial charge in [-0.2, -0.15) is 4.98 Å². The summed E-state index contributed by atoms with van der Waals surface area (Å²) in [6.45, 7) is 0.845. The van der Waals surface area contributed by atoms with Crippen LogP contribution in [-0.4, -0.2) is 27.7 Å². The Kier molecular flexibility index (Phi) is 4.53. The van der Waals surface area contributed by atoms with Crippen LogP contribution in [-0.2, 0) is 6.42 Å². The van der Waals surface area contributed by atoms with Gasteiger partial charge in [0, 0.05) is 18.5 Å². The molecule has 0 bridgehead atoms. The third-order valence-electron chi connectivity index (χ3n) is 4.09. The summed E-state index contributed by atoms with van der Waals surface area (Å²) in [5.74, 6) is 1.38. The van der Waals surface area contributed by atoms with E-state index >= 15 is 0 Å². The van der Waals surface area contributed by atoms with Crippen LogP contribution in [0.25, 0.3) is 0 Å². The normalized spacial score (nSPS) is 20.4. The van der Waals surface area contributed by atoms with Gasteiger partial charge >= 0.3 is 0 Å². The molecule has 5 nitrogen and oxygen atoms in total. The summed E-state index contributed by atoms with van der Waals surface area (Å²) >= 11 is 0. The third kappa shape index (κ3) is 3.74. The molecular weight excluding hydrogens is 276 g/mol. The lowest BCUT2D eigenvalue weighted by Gasteiger charge is -2.30. The number of anilines is 2. The summed E-state index contributed by atoms with van der Waals surface area (Å²) in [7, 11) is 0. The summed E-state index contributed by atoms with van der Waals surface area (Å²) in [6, 6.07) is 12.4. The van der Waals surface area contributed by atoms with E-state index in [1.54, 1.807) is 0 Å². The molecule has 4 N–H and O–H groups in total. The van der Waals surface area contributed by atoms with Crippen LogP contribution in [0.5, 0.6) is 0 Å². The molecule has 116 valence electrons. The minimum atomic E-state index is -0.191. The summed E-state index contributed by atoms with van der Waals surface area (Å²) in [5.41, 5.74) is 8.06. The van der Waals surface area contributed by atoms with Crippen LogP contribution in [0.1, 0.15) is 36.4 Å². The number of nitrogens with one attached hydrogen (secondary N) is 1. The zero-order chi connectivity index (χ0) is 15.4. The van der Waals surface area contributed by atoms with E-state index in [9.17, 15) is 5.11 Å². The zero-order valence-electron chi connectivity index (χ0n) is 12.6. The van der Waals surface area contributed by atoms with E-state index in [0.29, 0.717) is 11.9 Å². The van der Waals surface area contributed by atoms with E-state index in [1.807, 2.05) is 12.1 Å². The molecule has 1 heterocycles. The van der Waals surface area contributed by atoms with Crippen molar-refractivity contribution in [3.05, 3.63) is 47.7 Å². The number of nitrogens with two attached hydrogens (primary N) is 1. The first-order chi connectivity index (χ1) is 10.7. The van der Waals surface area contributed by atoms with Gasteiger partial charge in [-0.25, -0.2) is 4.98 Å². The molecule has 0 unspecified atom stereocenters. The third-order valence-corrected chi connectivity index (χ3v) is 4.09. The molecule has 2 aromatic rings. The first-order valence-electron chi connectivity index (χ1n) is 7.81. The predicted molar refractivity (Wildman–Crippen MR) is 87.7 cm³/mol. The molecule has 1 fully saturated rings. The van der Waals surface area contributed by atoms with Crippen LogP contribution in [0.15, 0.2) is 36.4 Å². The van der Waals surface area contributed by atoms with Crippen molar-refractivity contribution >= 4 is 11.8 Å². The average molecular weight is 298 g/mol. The fourth-order valence-corrected chi connectivity index (χ4v) is 2.77. The van der Waals surface area contributed by atoms with E-state index < -0.39 is 0 Å². The number of hydrogen-bond donors (Lipinski definition) is 3. The van der Waals surface area contributed by atoms with Gasteiger partial charge in [-0.15, -0.1) is 0 Å². The van der Waals surface area contributed by atoms with E-state index in [4.69, 9.17) is 5.73 Å². The second-order valence-corrected chi connectivity index (χ2v) is 5.87. The molecule has 1 aliphatic carbocycles. The summed E-state index contributed by atoms with van der Waals surface area (Å²) in [5, 5.41) is 12.7. The van der Waals surface area contributed by atoms with E-state index in [1.165, 1.54) is 5.56 Å². The van der Waals surface area contributed by atoms with Gasteiger partial charge in [-0.05, 0) is 31.2 Å². The molecule has 0 radical (unpaired) electrons. The van der Waals surface area contributed by atoms with Gasteiger partial charge < -0.3 is 16.2 Å². The van der Waals surface area contributed by atoms with Crippen LogP contribution in [0.2, 0.25) is 0 Å². The van der Waals surface area contributed by atoms with Gasteiger partial charge in [-0.1, -0.05) is 30.3 Å². The quantitative estimate of drug-likeness (QED) is 0.713. The van der Waals surface area contributed by atoms with E-state index in [2.05, 4.69) is 39.6 Å². The molecule has 0 saturated heterocycles. The minimum absolute atomic E-state index is 0.191. The number of rotatable bonds is 6. The molecule has 0 spiro atoms. The Morgan fingerprint density at radius 2 is 1.95 bits per heavy atom. The first-order valence-corrected chi connectivity index (χ1v) is 7.81. The number of aromatic nitrogens is 2. The van der Waals surface area contributed by atoms with Gasteiger partial charge in [0.2, 0.25) is 5.95 Å². The SMILES string of the molecule is Nc1nc(NCCCc2ccccc2)cc(C2CC(O)C2)n1. The molecule has 1 saturated carbocycles. The second-order valence-electron chi connectivity index (χ2n) is 5.87. The highest BCUT2D eigenvalue weighted by molar-refractivity contribution is 5.42. The Labute approximate surface area is 130 Å². The van der Waals surface area contributed by atoms with Crippen LogP contribution in [0.4, 0.5) is 11.8 Å². The van der Waals surface area contributed by atoms with Crippen molar-refractivity contribution in [3.8, 4) is 0 Å². The van der Waals surface area contributed by atoms with Gasteiger partial charge in [0.1, 0.15) is 5.82 Å². The summed E-state index contributed by atoms with van der Waals surface area (Å²) in [6.07, 6.45) is 3.42. The van der Waals surface area contributed by atoms with Crippen molar-refractivity contribution in [2.75, 3.05) is 17.6 Å². The van der Waals surface area contributed by atoms with Gasteiger partial charge in [0.25, 0.3) is 0 Å². The molecule has 5 heteroatoms. The maximum atomic E-state index is 9.41. The molecule has 3 rings (SSSR count). The zero-order valence-corrected chi connectivity index (χ0v) is 12.6. The average Bonchev–Trinajstić information content (AvgIpc) is 2.49. The molecule has 0 aliphatic heterocycles. The van der Waals surface area contributed by atoms with Gasteiger partial charge in [0.15, 0.2) is 0 Å². The fraction of sp³-hybridized carbons (Fsp3) is 0.412. The molecule has 1 aromatic heterocycles. The molecule has 22 heavy (non-hydrogen) atoms. The molecule has 0 atom stereocenters. The topological polar surface area (TPSA) is 84.1 Å². The van der Waals surface area contributed by atoms with Crippen molar-refractivity contribution < 1.29 is 5.11 Å². The van der Waals surface area contributed by atoms with Crippen LogP contribution >= 0.6 is 0 Å². The highest BCUT2D eigenvalue weighted by Crippen LogP contribution is 2.36. The van der Waals surface area contributed by atoms with Crippen molar-refractivity contribution in [1.82, 2.24) is 9.97 Å². The van der Waals surface area contributed by atoms with Crippen molar-refractivity contribution in [3.63, 3.8) is 0 Å². The Bertz CT molecular complexity index is 611. The summed E-state index contributed by atoms with van der Waals surface area (Å²) in [4.78, 5) is 8.51. The van der Waals surface area contributed by atoms with Crippen LogP contribution in [0.3, 0.4) is 0 Å². The highest BCUT2D eigenvalue weighted by Gasteiger charge is 2.30. The first kappa shape index (κ1) is 14.8. The van der Waals surface area contributed by atoms with Crippen LogP contribution < -0.4 is 11.1 Å². The minimum Gasteiger partial charge on any atom is -0.393 e. The molecular formula is C17H22N4O. The lowest BCUT2D eigenvalue weighted by molar-refractivity contribution is 0.0732. The fourth-order valence-electron chi connectivity index (χ4n) is 2.77. The maximum absolute atomic E-state index is 9.41. The van der Waals surface area contributed by atoms with Gasteiger partial charge in [-0.3, -0.25) is 0 Å². The molecule has 0 amide bonds. The Hall–Kier alpha value is -2.14. The maximum Gasteiger partial charge on any atom is 0.222 e. The Balaban J connectivity index is 1.52. The lowest BCUT2D eigenvalue weighted by Crippen LogP contribution is -2.27. The molecule has 1 aliphatic rings. The summed E-state index contributed by atoms with van der Waals surface area (Å²) < 4.78 is 0. The number of hydrogen-bond acceptors (Lipinski definition) is 5. The smallest absolute Gasteiger partial charge is 0.222 e. The number of aryl methyl sites for hydroxylation is 1. The number of nitrogen functional groups attached to an aromatic ring is 1. The largest absolute Gasteiger partial charge is 0.393 e. The highest BCUT2D eigenvalue weighted by atomic mass is 16.3. The monoisotopic (exact) mass is 298 g/mol. The number of aliphatic hydroxyl groups is 1. The Morgan fingerprint density at radius 1 is 1.18 bits per heavy atom. The van der Waals surface area contributed by atoms with Gasteiger partial charge in [0.05, 0.1) is 11.8 Å². The Morgan fingerprint density at radius 3 is 2.68 bits per heavy atom. The number of benzene rings is 1. The van der Waals surface area contributed by atoms with Crippen LogP contribution in [0, 0.1) is 0 Å². The second kappa shape index (κ2) is 6.75. The van der Waals surface area contributed by atoms with Crippen molar-refractivity contribution in [2.45, 2.75) is 37.7 Å². The standard InChI is InChI=1S/C17H22N4O/c18-17-20-15(13-9-14(22)10-13)11-16(21-17)19-8-4-7-12-5-2-1-3-6-12/h1-3,5-6,11,13-14,22H,4,7-10H2,(H3,18,19,20,21).